The lowest BCUT2D eigenvalue weighted by Crippen LogP contribution is -2.31. The zero-order valence-corrected chi connectivity index (χ0v) is 16.1. The Balaban J connectivity index is 1.63. The van der Waals surface area contributed by atoms with Gasteiger partial charge in [0, 0.05) is 19.0 Å². The van der Waals surface area contributed by atoms with Crippen molar-refractivity contribution in [2.45, 2.75) is 69.2 Å². The van der Waals surface area contributed by atoms with Gasteiger partial charge in [0.05, 0.1) is 10.9 Å². The van der Waals surface area contributed by atoms with Crippen LogP contribution in [0.5, 0.6) is 0 Å². The number of benzene rings is 1. The Labute approximate surface area is 155 Å². The van der Waals surface area contributed by atoms with Gasteiger partial charge >= 0.3 is 0 Å². The fourth-order valence-corrected chi connectivity index (χ4v) is 5.90. The minimum atomic E-state index is -3.52. The zero-order valence-electron chi connectivity index (χ0n) is 15.3. The van der Waals surface area contributed by atoms with Crippen molar-refractivity contribution in [1.82, 2.24) is 9.46 Å². The number of sulfonamides is 1. The van der Waals surface area contributed by atoms with Gasteiger partial charge < -0.3 is 4.52 Å². The fourth-order valence-electron chi connectivity index (χ4n) is 4.18. The molecule has 2 heterocycles. The topological polar surface area (TPSA) is 63.4 Å². The van der Waals surface area contributed by atoms with Crippen molar-refractivity contribution < 1.29 is 12.9 Å². The number of nitrogens with zero attached hydrogens (tertiary/aromatic N) is 2. The third-order valence-corrected chi connectivity index (χ3v) is 7.45. The summed E-state index contributed by atoms with van der Waals surface area (Å²) in [5.41, 5.74) is 3.24. The summed E-state index contributed by atoms with van der Waals surface area (Å²) >= 11 is 0. The first-order chi connectivity index (χ1) is 12.6. The van der Waals surface area contributed by atoms with Crippen LogP contribution < -0.4 is 0 Å². The second-order valence-electron chi connectivity index (χ2n) is 7.38. The van der Waals surface area contributed by atoms with Gasteiger partial charge in [0.25, 0.3) is 0 Å². The highest BCUT2D eigenvalue weighted by Crippen LogP contribution is 2.37. The molecule has 5 nitrogen and oxygen atoms in total. The monoisotopic (exact) mass is 374 g/mol. The Morgan fingerprint density at radius 3 is 2.77 bits per heavy atom. The van der Waals surface area contributed by atoms with E-state index >= 15 is 0 Å². The van der Waals surface area contributed by atoms with Crippen LogP contribution >= 0.6 is 0 Å². The highest BCUT2D eigenvalue weighted by atomic mass is 32.2. The summed E-state index contributed by atoms with van der Waals surface area (Å²) < 4.78 is 33.6. The molecule has 6 heteroatoms. The molecular formula is C20H26N2O3S. The molecule has 1 aliphatic carbocycles. The van der Waals surface area contributed by atoms with E-state index in [4.69, 9.17) is 4.52 Å². The van der Waals surface area contributed by atoms with E-state index in [9.17, 15) is 8.42 Å². The molecule has 26 heavy (non-hydrogen) atoms. The Hall–Kier alpha value is -1.66. The normalized spacial score (nSPS) is 21.0. The lowest BCUT2D eigenvalue weighted by molar-refractivity contribution is 0.343. The van der Waals surface area contributed by atoms with Gasteiger partial charge in [-0.3, -0.25) is 0 Å². The van der Waals surface area contributed by atoms with Gasteiger partial charge in [-0.15, -0.1) is 0 Å². The summed E-state index contributed by atoms with van der Waals surface area (Å²) in [6.45, 7) is 2.63. The minimum Gasteiger partial charge on any atom is -0.361 e. The molecule has 1 saturated heterocycles. The van der Waals surface area contributed by atoms with Crippen molar-refractivity contribution in [2.24, 2.45) is 0 Å². The van der Waals surface area contributed by atoms with Crippen molar-refractivity contribution in [3.63, 3.8) is 0 Å². The van der Waals surface area contributed by atoms with Crippen LogP contribution in [-0.2, 0) is 29.3 Å². The fraction of sp³-hybridized carbons (Fsp3) is 0.550. The van der Waals surface area contributed by atoms with Crippen LogP contribution in [-0.4, -0.2) is 24.4 Å². The number of aryl methyl sites for hydroxylation is 3. The van der Waals surface area contributed by atoms with Gasteiger partial charge in [-0.25, -0.2) is 8.42 Å². The second-order valence-corrected chi connectivity index (χ2v) is 9.27. The van der Waals surface area contributed by atoms with Crippen LogP contribution in [0.3, 0.4) is 0 Å². The maximum absolute atomic E-state index is 13.3. The van der Waals surface area contributed by atoms with Crippen LogP contribution in [0.4, 0.5) is 0 Å². The Kier molecular flexibility index (Phi) is 4.88. The van der Waals surface area contributed by atoms with Gasteiger partial charge in [-0.2, -0.15) is 4.31 Å². The van der Waals surface area contributed by atoms with Crippen LogP contribution in [0.25, 0.3) is 0 Å². The zero-order chi connectivity index (χ0) is 18.1. The minimum absolute atomic E-state index is 0.217. The molecule has 0 radical (unpaired) electrons. The van der Waals surface area contributed by atoms with Crippen LogP contribution in [0.2, 0.25) is 0 Å². The molecule has 2 aromatic rings. The highest BCUT2D eigenvalue weighted by Gasteiger charge is 2.38. The highest BCUT2D eigenvalue weighted by molar-refractivity contribution is 7.89. The van der Waals surface area contributed by atoms with Gasteiger partial charge in [0.1, 0.15) is 11.5 Å². The smallest absolute Gasteiger partial charge is 0.243 e. The van der Waals surface area contributed by atoms with Crippen LogP contribution in [0.15, 0.2) is 33.7 Å². The van der Waals surface area contributed by atoms with E-state index in [1.807, 2.05) is 18.2 Å². The molecular weight excluding hydrogens is 348 g/mol. The molecule has 2 aliphatic rings. The molecule has 1 fully saturated rings. The quantitative estimate of drug-likeness (QED) is 0.792. The van der Waals surface area contributed by atoms with Gasteiger partial charge in [-0.05, 0) is 68.2 Å². The first kappa shape index (κ1) is 17.7. The van der Waals surface area contributed by atoms with E-state index in [1.54, 1.807) is 10.4 Å². The van der Waals surface area contributed by atoms with Gasteiger partial charge in [0.15, 0.2) is 0 Å². The first-order valence-electron chi connectivity index (χ1n) is 9.68. The predicted octanol–water partition coefficient (Wildman–Crippen LogP) is 4.03. The second kappa shape index (κ2) is 7.16. The molecule has 1 unspecified atom stereocenters. The lowest BCUT2D eigenvalue weighted by atomic mass is 9.92. The molecule has 1 aromatic heterocycles. The molecule has 1 aromatic carbocycles. The van der Waals surface area contributed by atoms with E-state index in [2.05, 4.69) is 12.1 Å². The predicted molar refractivity (Wildman–Crippen MR) is 99.4 cm³/mol. The van der Waals surface area contributed by atoms with E-state index in [-0.39, 0.29) is 6.04 Å². The molecule has 140 valence electrons. The van der Waals surface area contributed by atoms with Crippen molar-refractivity contribution in [3.05, 3.63) is 46.8 Å². The van der Waals surface area contributed by atoms with Crippen LogP contribution in [0, 0.1) is 0 Å². The van der Waals surface area contributed by atoms with Gasteiger partial charge in [0.2, 0.25) is 10.0 Å². The van der Waals surface area contributed by atoms with E-state index in [1.165, 1.54) is 17.5 Å². The number of fused-ring (bicyclic) bond motifs is 1. The lowest BCUT2D eigenvalue weighted by Gasteiger charge is -2.24. The van der Waals surface area contributed by atoms with Gasteiger partial charge in [-0.1, -0.05) is 18.1 Å². The number of rotatable bonds is 5. The molecule has 4 rings (SSSR count). The molecule has 0 bridgehead atoms. The summed E-state index contributed by atoms with van der Waals surface area (Å²) in [6, 6.07) is 7.38. The Bertz CT molecular complexity index is 888. The third kappa shape index (κ3) is 3.21. The molecule has 1 atom stereocenters. The standard InChI is InChI=1S/C20H26N2O3S/c1-2-6-17-14-19(21-25-17)20-9-5-12-22(20)26(23,24)18-11-10-15-7-3-4-8-16(15)13-18/h10-11,13-14,20H,2-9,12H2,1H3. The molecule has 0 spiro atoms. The molecule has 1 aliphatic heterocycles. The Morgan fingerprint density at radius 2 is 1.96 bits per heavy atom. The van der Waals surface area contributed by atoms with Crippen molar-refractivity contribution in [2.75, 3.05) is 6.54 Å². The summed E-state index contributed by atoms with van der Waals surface area (Å²) in [4.78, 5) is 0.419. The Morgan fingerprint density at radius 1 is 1.15 bits per heavy atom. The average Bonchev–Trinajstić information content (AvgIpc) is 3.31. The van der Waals surface area contributed by atoms with Crippen LogP contribution in [0.1, 0.15) is 67.7 Å². The van der Waals surface area contributed by atoms with Crippen molar-refractivity contribution in [1.29, 1.82) is 0 Å². The summed E-state index contributed by atoms with van der Waals surface area (Å²) in [6.07, 6.45) is 7.83. The van der Waals surface area contributed by atoms with E-state index in [0.29, 0.717) is 11.4 Å². The average molecular weight is 375 g/mol. The number of aromatic nitrogens is 1. The SMILES string of the molecule is CCCc1cc(C2CCCN2S(=O)(=O)c2ccc3c(c2)CCCC3)no1. The summed E-state index contributed by atoms with van der Waals surface area (Å²) in [5, 5.41) is 4.16. The molecule has 0 saturated carbocycles. The molecule has 0 amide bonds. The number of hydrogen-bond donors (Lipinski definition) is 0. The molecule has 0 N–H and O–H groups in total. The van der Waals surface area contributed by atoms with Crippen molar-refractivity contribution in [3.8, 4) is 0 Å². The van der Waals surface area contributed by atoms with E-state index in [0.717, 1.165) is 56.4 Å². The van der Waals surface area contributed by atoms with E-state index < -0.39 is 10.0 Å². The number of hydrogen-bond acceptors (Lipinski definition) is 4. The third-order valence-electron chi connectivity index (χ3n) is 5.55. The summed E-state index contributed by atoms with van der Waals surface area (Å²) in [5.74, 6) is 0.834. The van der Waals surface area contributed by atoms with Crippen molar-refractivity contribution >= 4 is 10.0 Å². The largest absolute Gasteiger partial charge is 0.361 e. The maximum atomic E-state index is 13.3. The maximum Gasteiger partial charge on any atom is 0.243 e. The summed E-state index contributed by atoms with van der Waals surface area (Å²) in [7, 11) is -3.52. The first-order valence-corrected chi connectivity index (χ1v) is 11.1.